The van der Waals surface area contributed by atoms with Crippen LogP contribution in [0.3, 0.4) is 0 Å². The summed E-state index contributed by atoms with van der Waals surface area (Å²) in [7, 11) is 0. The summed E-state index contributed by atoms with van der Waals surface area (Å²) >= 11 is 1.71. The van der Waals surface area contributed by atoms with E-state index in [9.17, 15) is 9.59 Å². The number of rotatable bonds is 7. The molecule has 3 N–H and O–H groups in total. The van der Waals surface area contributed by atoms with Crippen molar-refractivity contribution in [1.82, 2.24) is 10.6 Å². The van der Waals surface area contributed by atoms with E-state index in [-0.39, 0.29) is 5.92 Å². The molecule has 0 aliphatic carbocycles. The highest BCUT2D eigenvalue weighted by molar-refractivity contribution is 7.98. The topological polar surface area (TPSA) is 78.4 Å². The number of thioether (sulfide) groups is 1. The zero-order valence-electron chi connectivity index (χ0n) is 9.95. The number of hydrogen-bond donors (Lipinski definition) is 3. The fourth-order valence-corrected chi connectivity index (χ4v) is 1.56. The van der Waals surface area contributed by atoms with Gasteiger partial charge in [-0.25, -0.2) is 9.59 Å². The fourth-order valence-electron chi connectivity index (χ4n) is 1.12. The van der Waals surface area contributed by atoms with Crippen molar-refractivity contribution in [3.8, 4) is 0 Å². The highest BCUT2D eigenvalue weighted by atomic mass is 32.2. The molecule has 1 unspecified atom stereocenters. The van der Waals surface area contributed by atoms with Crippen molar-refractivity contribution < 1.29 is 14.7 Å². The molecule has 0 bridgehead atoms. The van der Waals surface area contributed by atoms with Crippen molar-refractivity contribution in [3.63, 3.8) is 0 Å². The van der Waals surface area contributed by atoms with Crippen molar-refractivity contribution in [3.05, 3.63) is 0 Å². The Morgan fingerprint density at radius 1 is 1.38 bits per heavy atom. The lowest BCUT2D eigenvalue weighted by molar-refractivity contribution is -0.140. The Morgan fingerprint density at radius 2 is 2.00 bits per heavy atom. The molecule has 0 aliphatic rings. The van der Waals surface area contributed by atoms with E-state index >= 15 is 0 Å². The summed E-state index contributed by atoms with van der Waals surface area (Å²) in [5.74, 6) is -0.156. The quantitative estimate of drug-likeness (QED) is 0.591. The molecule has 0 aliphatic heterocycles. The zero-order chi connectivity index (χ0) is 12.6. The average molecular weight is 248 g/mol. The van der Waals surface area contributed by atoms with Crippen LogP contribution in [-0.4, -0.2) is 41.7 Å². The third-order valence-corrected chi connectivity index (χ3v) is 2.73. The number of hydrogen-bond acceptors (Lipinski definition) is 3. The first-order chi connectivity index (χ1) is 7.49. The molecule has 0 aromatic carbocycles. The number of aliphatic carboxylic acids is 1. The SMILES string of the molecule is CSCCCNC(=O)NC(C(=O)O)C(C)C. The molecule has 0 heterocycles. The number of carboxylic acids is 1. The number of carbonyl (C=O) groups is 2. The van der Waals surface area contributed by atoms with Crippen LogP contribution in [0.15, 0.2) is 0 Å². The number of carboxylic acid groups (broad SMARTS) is 1. The van der Waals surface area contributed by atoms with Crippen molar-refractivity contribution in [2.24, 2.45) is 5.92 Å². The van der Waals surface area contributed by atoms with E-state index in [1.807, 2.05) is 6.26 Å². The molecule has 16 heavy (non-hydrogen) atoms. The molecular formula is C10H20N2O3S. The molecule has 0 radical (unpaired) electrons. The van der Waals surface area contributed by atoms with E-state index in [1.165, 1.54) is 0 Å². The summed E-state index contributed by atoms with van der Waals surface area (Å²) in [6.07, 6.45) is 2.88. The van der Waals surface area contributed by atoms with Gasteiger partial charge >= 0.3 is 12.0 Å². The lowest BCUT2D eigenvalue weighted by Gasteiger charge is -2.18. The van der Waals surface area contributed by atoms with Crippen LogP contribution >= 0.6 is 11.8 Å². The lowest BCUT2D eigenvalue weighted by Crippen LogP contribution is -2.48. The van der Waals surface area contributed by atoms with Crippen molar-refractivity contribution >= 4 is 23.8 Å². The molecule has 0 fully saturated rings. The Kier molecular flexibility index (Phi) is 7.80. The van der Waals surface area contributed by atoms with E-state index in [4.69, 9.17) is 5.11 Å². The normalized spacial score (nSPS) is 12.2. The van der Waals surface area contributed by atoms with Gasteiger partial charge in [-0.3, -0.25) is 0 Å². The molecular weight excluding hydrogens is 228 g/mol. The highest BCUT2D eigenvalue weighted by Crippen LogP contribution is 2.01. The third kappa shape index (κ3) is 6.55. The maximum atomic E-state index is 11.3. The molecule has 0 spiro atoms. The van der Waals surface area contributed by atoms with Gasteiger partial charge in [-0.2, -0.15) is 11.8 Å². The lowest BCUT2D eigenvalue weighted by atomic mass is 10.1. The van der Waals surface area contributed by atoms with Crippen LogP contribution in [0, 0.1) is 5.92 Å². The minimum atomic E-state index is -1.01. The Bertz CT molecular complexity index is 234. The van der Waals surface area contributed by atoms with Gasteiger partial charge in [-0.15, -0.1) is 0 Å². The van der Waals surface area contributed by atoms with Crippen molar-refractivity contribution in [1.29, 1.82) is 0 Å². The second-order valence-corrected chi connectivity index (χ2v) is 4.79. The maximum Gasteiger partial charge on any atom is 0.326 e. The molecule has 0 saturated heterocycles. The molecule has 6 heteroatoms. The molecule has 1 atom stereocenters. The van der Waals surface area contributed by atoms with Gasteiger partial charge < -0.3 is 15.7 Å². The van der Waals surface area contributed by atoms with Gasteiger partial charge in [0, 0.05) is 6.54 Å². The van der Waals surface area contributed by atoms with E-state index in [0.717, 1.165) is 12.2 Å². The van der Waals surface area contributed by atoms with Gasteiger partial charge in [-0.05, 0) is 24.3 Å². The maximum absolute atomic E-state index is 11.3. The van der Waals surface area contributed by atoms with Crippen LogP contribution in [0.2, 0.25) is 0 Å². The predicted octanol–water partition coefficient (Wildman–Crippen LogP) is 1.15. The fraction of sp³-hybridized carbons (Fsp3) is 0.800. The van der Waals surface area contributed by atoms with E-state index in [0.29, 0.717) is 6.54 Å². The summed E-state index contributed by atoms with van der Waals surface area (Å²) in [6, 6.07) is -1.25. The van der Waals surface area contributed by atoms with Crippen LogP contribution in [0.25, 0.3) is 0 Å². The van der Waals surface area contributed by atoms with E-state index in [2.05, 4.69) is 10.6 Å². The van der Waals surface area contributed by atoms with E-state index < -0.39 is 18.0 Å². The number of nitrogens with one attached hydrogen (secondary N) is 2. The van der Waals surface area contributed by atoms with Crippen molar-refractivity contribution in [2.75, 3.05) is 18.6 Å². The van der Waals surface area contributed by atoms with Gasteiger partial charge in [0.15, 0.2) is 0 Å². The Balaban J connectivity index is 3.87. The standard InChI is InChI=1S/C10H20N2O3S/c1-7(2)8(9(13)14)12-10(15)11-5-4-6-16-3/h7-8H,4-6H2,1-3H3,(H,13,14)(H2,11,12,15). The van der Waals surface area contributed by atoms with Gasteiger partial charge in [-0.1, -0.05) is 13.8 Å². The summed E-state index contributed by atoms with van der Waals surface area (Å²) < 4.78 is 0. The minimum Gasteiger partial charge on any atom is -0.480 e. The summed E-state index contributed by atoms with van der Waals surface area (Å²) in [5, 5.41) is 13.9. The third-order valence-electron chi connectivity index (χ3n) is 2.03. The first-order valence-corrected chi connectivity index (χ1v) is 6.64. The molecule has 0 saturated carbocycles. The largest absolute Gasteiger partial charge is 0.480 e. The van der Waals surface area contributed by atoms with Gasteiger partial charge in [0.2, 0.25) is 0 Å². The summed E-state index contributed by atoms with van der Waals surface area (Å²) in [4.78, 5) is 22.1. The monoisotopic (exact) mass is 248 g/mol. The number of urea groups is 1. The second kappa shape index (κ2) is 8.27. The van der Waals surface area contributed by atoms with Crippen LogP contribution in [0.4, 0.5) is 4.79 Å². The molecule has 0 aromatic rings. The first kappa shape index (κ1) is 15.1. The highest BCUT2D eigenvalue weighted by Gasteiger charge is 2.22. The molecule has 2 amide bonds. The Labute approximate surface area is 100 Å². The number of carbonyl (C=O) groups excluding carboxylic acids is 1. The average Bonchev–Trinajstić information content (AvgIpc) is 2.20. The minimum absolute atomic E-state index is 0.130. The summed E-state index contributed by atoms with van der Waals surface area (Å²) in [6.45, 7) is 4.08. The Hall–Kier alpha value is -0.910. The number of amides is 2. The van der Waals surface area contributed by atoms with Crippen LogP contribution in [-0.2, 0) is 4.79 Å². The second-order valence-electron chi connectivity index (χ2n) is 3.81. The van der Waals surface area contributed by atoms with Crippen LogP contribution in [0.5, 0.6) is 0 Å². The van der Waals surface area contributed by atoms with Gasteiger partial charge in [0.05, 0.1) is 0 Å². The molecule has 5 nitrogen and oxygen atoms in total. The van der Waals surface area contributed by atoms with Crippen molar-refractivity contribution in [2.45, 2.75) is 26.3 Å². The van der Waals surface area contributed by atoms with Crippen LogP contribution in [0.1, 0.15) is 20.3 Å². The van der Waals surface area contributed by atoms with Gasteiger partial charge in [0.25, 0.3) is 0 Å². The smallest absolute Gasteiger partial charge is 0.326 e. The molecule has 0 aromatic heterocycles. The van der Waals surface area contributed by atoms with Crippen LogP contribution < -0.4 is 10.6 Å². The predicted molar refractivity (Wildman–Crippen MR) is 65.8 cm³/mol. The molecule has 94 valence electrons. The molecule has 0 rings (SSSR count). The van der Waals surface area contributed by atoms with Gasteiger partial charge in [0.1, 0.15) is 6.04 Å². The van der Waals surface area contributed by atoms with E-state index in [1.54, 1.807) is 25.6 Å². The Morgan fingerprint density at radius 3 is 2.44 bits per heavy atom. The zero-order valence-corrected chi connectivity index (χ0v) is 10.8. The first-order valence-electron chi connectivity index (χ1n) is 5.25. The summed E-state index contributed by atoms with van der Waals surface area (Å²) in [5.41, 5.74) is 0.